The minimum atomic E-state index is 0.152. The van der Waals surface area contributed by atoms with Gasteiger partial charge in [0.2, 0.25) is 0 Å². The van der Waals surface area contributed by atoms with E-state index < -0.39 is 0 Å². The summed E-state index contributed by atoms with van der Waals surface area (Å²) < 4.78 is 0. The first-order valence-electron chi connectivity index (χ1n) is 9.55. The summed E-state index contributed by atoms with van der Waals surface area (Å²) in [7, 11) is 0. The molecular weight excluding hydrogens is 286 g/mol. The lowest BCUT2D eigenvalue weighted by Gasteiger charge is -2.58. The van der Waals surface area contributed by atoms with E-state index in [0.717, 1.165) is 24.7 Å². The van der Waals surface area contributed by atoms with E-state index in [0.29, 0.717) is 36.0 Å². The van der Waals surface area contributed by atoms with Gasteiger partial charge in [0.05, 0.1) is 5.70 Å². The minimum Gasteiger partial charge on any atom is -0.396 e. The van der Waals surface area contributed by atoms with Crippen molar-refractivity contribution in [3.05, 3.63) is 11.3 Å². The van der Waals surface area contributed by atoms with Gasteiger partial charge in [0, 0.05) is 13.0 Å². The summed E-state index contributed by atoms with van der Waals surface area (Å²) in [6.07, 6.45) is 8.81. The highest BCUT2D eigenvalue weighted by molar-refractivity contribution is 5.96. The van der Waals surface area contributed by atoms with Crippen molar-refractivity contribution in [2.45, 2.75) is 65.2 Å². The molecule has 0 aromatic carbocycles. The summed E-state index contributed by atoms with van der Waals surface area (Å²) in [6, 6.07) is 0. The van der Waals surface area contributed by atoms with E-state index in [-0.39, 0.29) is 11.2 Å². The Hall–Kier alpha value is -0.830. The molecule has 0 unspecified atom stereocenters. The van der Waals surface area contributed by atoms with Gasteiger partial charge >= 0.3 is 0 Å². The van der Waals surface area contributed by atoms with E-state index in [1.807, 2.05) is 0 Å². The number of fused-ring (bicyclic) bond motifs is 5. The number of Topliss-reactive ketones (excluding diaryl/α,β-unsaturated/α-hetero) is 1. The van der Waals surface area contributed by atoms with Gasteiger partial charge in [-0.3, -0.25) is 4.79 Å². The molecule has 0 aromatic rings. The van der Waals surface area contributed by atoms with E-state index in [1.54, 1.807) is 0 Å². The monoisotopic (exact) mass is 317 g/mol. The third kappa shape index (κ3) is 1.95. The van der Waals surface area contributed by atoms with Gasteiger partial charge in [-0.15, -0.1) is 0 Å². The van der Waals surface area contributed by atoms with Crippen LogP contribution in [0.1, 0.15) is 65.2 Å². The number of aliphatic hydroxyl groups is 1. The maximum absolute atomic E-state index is 12.1. The van der Waals surface area contributed by atoms with Crippen molar-refractivity contribution in [1.82, 2.24) is 0 Å². The van der Waals surface area contributed by atoms with Gasteiger partial charge in [0.25, 0.3) is 0 Å². The fourth-order valence-electron chi connectivity index (χ4n) is 7.16. The third-order valence-electron chi connectivity index (χ3n) is 8.59. The molecule has 3 N–H and O–H groups in total. The van der Waals surface area contributed by atoms with Crippen LogP contribution in [-0.2, 0) is 4.79 Å². The van der Waals surface area contributed by atoms with Crippen LogP contribution in [0.4, 0.5) is 0 Å². The molecule has 6 atom stereocenters. The van der Waals surface area contributed by atoms with Gasteiger partial charge in [0.1, 0.15) is 0 Å². The lowest BCUT2D eigenvalue weighted by Crippen LogP contribution is -2.51. The maximum atomic E-state index is 12.1. The Bertz CT molecular complexity index is 568. The molecule has 4 aliphatic rings. The molecule has 0 radical (unpaired) electrons. The molecule has 4 rings (SSSR count). The number of carbonyl (C=O) groups is 1. The molecule has 0 aromatic heterocycles. The molecule has 3 saturated carbocycles. The van der Waals surface area contributed by atoms with E-state index >= 15 is 0 Å². The highest BCUT2D eigenvalue weighted by Gasteiger charge is 2.59. The van der Waals surface area contributed by atoms with Crippen LogP contribution in [-0.4, -0.2) is 17.5 Å². The Morgan fingerprint density at radius 2 is 1.87 bits per heavy atom. The Labute approximate surface area is 139 Å². The molecule has 23 heavy (non-hydrogen) atoms. The van der Waals surface area contributed by atoms with Gasteiger partial charge in [-0.05, 0) is 85.0 Å². The first-order chi connectivity index (χ1) is 10.9. The van der Waals surface area contributed by atoms with Crippen LogP contribution in [0.2, 0.25) is 0 Å². The highest BCUT2D eigenvalue weighted by Crippen LogP contribution is 2.66. The molecule has 0 heterocycles. The van der Waals surface area contributed by atoms with Gasteiger partial charge < -0.3 is 10.8 Å². The van der Waals surface area contributed by atoms with Crippen LogP contribution in [0.25, 0.3) is 0 Å². The second-order valence-electron chi connectivity index (χ2n) is 9.15. The Kier molecular flexibility index (Phi) is 3.46. The molecule has 4 aliphatic carbocycles. The van der Waals surface area contributed by atoms with E-state index in [1.165, 1.54) is 37.7 Å². The van der Waals surface area contributed by atoms with Crippen LogP contribution in [0.3, 0.4) is 0 Å². The smallest absolute Gasteiger partial charge is 0.178 e. The van der Waals surface area contributed by atoms with Crippen molar-refractivity contribution in [3.8, 4) is 0 Å². The number of rotatable bonds is 1. The molecule has 3 heteroatoms. The van der Waals surface area contributed by atoms with Crippen LogP contribution < -0.4 is 5.73 Å². The van der Waals surface area contributed by atoms with E-state index in [4.69, 9.17) is 5.73 Å². The average molecular weight is 317 g/mol. The second-order valence-corrected chi connectivity index (χ2v) is 9.15. The Balaban J connectivity index is 1.69. The number of hydrogen-bond acceptors (Lipinski definition) is 3. The zero-order valence-electron chi connectivity index (χ0n) is 14.6. The summed E-state index contributed by atoms with van der Waals surface area (Å²) in [4.78, 5) is 12.1. The number of carbonyl (C=O) groups excluding carboxylic acids is 1. The molecule has 3 nitrogen and oxygen atoms in total. The number of aliphatic hydroxyl groups excluding tert-OH is 1. The lowest BCUT2D eigenvalue weighted by molar-refractivity contribution is -0.119. The van der Waals surface area contributed by atoms with Gasteiger partial charge in [-0.1, -0.05) is 13.8 Å². The van der Waals surface area contributed by atoms with Crippen LogP contribution in [0.15, 0.2) is 11.3 Å². The number of hydrogen-bond donors (Lipinski definition) is 2. The Morgan fingerprint density at radius 3 is 2.61 bits per heavy atom. The lowest BCUT2D eigenvalue weighted by atomic mass is 9.46. The van der Waals surface area contributed by atoms with E-state index in [2.05, 4.69) is 13.8 Å². The standard InChI is InChI=1S/C20H31NO2/c1-19-9-7-15-13(14(19)5-3-12(19)11-22)4-6-16-18(21)17(23)8-10-20(15,16)2/h12-15,22H,3-11,21H2,1-2H3/t12-,13+,14+,15+,19-,20-/m1/s1. The Morgan fingerprint density at radius 1 is 1.09 bits per heavy atom. The molecule has 0 aliphatic heterocycles. The SMILES string of the molecule is C[C@]12CC[C@H]3[C@@H](CCC4=C(N)C(=O)CC[C@@]43C)[C@@H]1CC[C@@H]2CO. The minimum absolute atomic E-state index is 0.152. The first kappa shape index (κ1) is 15.7. The number of ketones is 1. The van der Waals surface area contributed by atoms with Crippen LogP contribution in [0, 0.1) is 34.5 Å². The first-order valence-corrected chi connectivity index (χ1v) is 9.55. The molecule has 128 valence electrons. The van der Waals surface area contributed by atoms with Crippen molar-refractivity contribution in [1.29, 1.82) is 0 Å². The summed E-state index contributed by atoms with van der Waals surface area (Å²) in [5.74, 6) is 2.89. The summed E-state index contributed by atoms with van der Waals surface area (Å²) in [5.41, 5.74) is 8.59. The summed E-state index contributed by atoms with van der Waals surface area (Å²) in [5, 5.41) is 9.81. The molecule has 0 saturated heterocycles. The maximum Gasteiger partial charge on any atom is 0.178 e. The second kappa shape index (κ2) is 5.08. The summed E-state index contributed by atoms with van der Waals surface area (Å²) in [6.45, 7) is 5.18. The predicted molar refractivity (Wildman–Crippen MR) is 90.4 cm³/mol. The van der Waals surface area contributed by atoms with Gasteiger partial charge in [-0.25, -0.2) is 0 Å². The van der Waals surface area contributed by atoms with Crippen molar-refractivity contribution in [3.63, 3.8) is 0 Å². The number of allylic oxidation sites excluding steroid dienone is 1. The van der Waals surface area contributed by atoms with Gasteiger partial charge in [-0.2, -0.15) is 0 Å². The zero-order chi connectivity index (χ0) is 16.4. The average Bonchev–Trinajstić information content (AvgIpc) is 2.88. The third-order valence-corrected chi connectivity index (χ3v) is 8.59. The van der Waals surface area contributed by atoms with Gasteiger partial charge in [0.15, 0.2) is 5.78 Å². The fourth-order valence-corrected chi connectivity index (χ4v) is 7.16. The van der Waals surface area contributed by atoms with Crippen molar-refractivity contribution >= 4 is 5.78 Å². The largest absolute Gasteiger partial charge is 0.396 e. The van der Waals surface area contributed by atoms with Crippen molar-refractivity contribution < 1.29 is 9.90 Å². The highest BCUT2D eigenvalue weighted by atomic mass is 16.3. The molecular formula is C20H31NO2. The quantitative estimate of drug-likeness (QED) is 0.779. The normalized spacial score (nSPS) is 49.6. The number of nitrogens with two attached hydrogens (primary N) is 1. The topological polar surface area (TPSA) is 63.3 Å². The molecule has 0 spiro atoms. The predicted octanol–water partition coefficient (Wildman–Crippen LogP) is 3.41. The molecule has 0 amide bonds. The van der Waals surface area contributed by atoms with Crippen LogP contribution in [0.5, 0.6) is 0 Å². The summed E-state index contributed by atoms with van der Waals surface area (Å²) >= 11 is 0. The fraction of sp³-hybridized carbons (Fsp3) is 0.850. The van der Waals surface area contributed by atoms with E-state index in [9.17, 15) is 9.90 Å². The van der Waals surface area contributed by atoms with Crippen molar-refractivity contribution in [2.24, 2.45) is 40.2 Å². The molecule has 3 fully saturated rings. The van der Waals surface area contributed by atoms with Crippen molar-refractivity contribution in [2.75, 3.05) is 6.61 Å². The van der Waals surface area contributed by atoms with Crippen LogP contribution >= 0.6 is 0 Å². The zero-order valence-corrected chi connectivity index (χ0v) is 14.6. The molecule has 0 bridgehead atoms.